The number of hydrogen-bond acceptors (Lipinski definition) is 3. The van der Waals surface area contributed by atoms with E-state index in [9.17, 15) is 4.79 Å². The summed E-state index contributed by atoms with van der Waals surface area (Å²) >= 11 is 7.45. The molecule has 0 saturated heterocycles. The molecule has 0 amide bonds. The second-order valence-corrected chi connectivity index (χ2v) is 4.54. The minimum absolute atomic E-state index is 0.635. The van der Waals surface area contributed by atoms with Gasteiger partial charge in [-0.05, 0) is 12.1 Å². The molecule has 5 heteroatoms. The highest BCUT2D eigenvalue weighted by Gasteiger charge is 2.24. The summed E-state index contributed by atoms with van der Waals surface area (Å²) in [5.41, 5.74) is 0.872. The zero-order chi connectivity index (χ0) is 11.0. The molecular formula is C10H8ClNO2S. The Morgan fingerprint density at radius 2 is 2.33 bits per heavy atom. The third kappa shape index (κ3) is 1.82. The van der Waals surface area contributed by atoms with E-state index < -0.39 is 5.97 Å². The molecule has 0 aliphatic carbocycles. The van der Waals surface area contributed by atoms with Crippen LogP contribution in [0.5, 0.6) is 0 Å². The van der Waals surface area contributed by atoms with E-state index in [0.29, 0.717) is 10.1 Å². The summed E-state index contributed by atoms with van der Waals surface area (Å²) in [6.45, 7) is 0. The Balaban J connectivity index is 2.46. The molecule has 0 radical (unpaired) electrons. The van der Waals surface area contributed by atoms with Gasteiger partial charge in [0.1, 0.15) is 0 Å². The van der Waals surface area contributed by atoms with Gasteiger partial charge in [-0.15, -0.1) is 0 Å². The lowest BCUT2D eigenvalue weighted by Crippen LogP contribution is -2.11. The van der Waals surface area contributed by atoms with Crippen molar-refractivity contribution in [1.29, 1.82) is 0 Å². The normalized spacial score (nSPS) is 16.9. The molecule has 0 bridgehead atoms. The van der Waals surface area contributed by atoms with Gasteiger partial charge in [0.25, 0.3) is 0 Å². The maximum Gasteiger partial charge on any atom is 0.330 e. The first kappa shape index (κ1) is 10.4. The molecule has 0 saturated carbocycles. The van der Waals surface area contributed by atoms with Crippen molar-refractivity contribution in [2.75, 3.05) is 11.9 Å². The van der Waals surface area contributed by atoms with Gasteiger partial charge in [0.05, 0.1) is 21.8 Å². The summed E-state index contributed by atoms with van der Waals surface area (Å²) in [6, 6.07) is 5.57. The largest absolute Gasteiger partial charge is 0.478 e. The Bertz CT molecular complexity index is 459. The Labute approximate surface area is 96.3 Å². The van der Waals surface area contributed by atoms with Crippen molar-refractivity contribution in [2.24, 2.45) is 0 Å². The van der Waals surface area contributed by atoms with Gasteiger partial charge in [0.15, 0.2) is 0 Å². The van der Waals surface area contributed by atoms with Crippen LogP contribution in [0.25, 0.3) is 0 Å². The second kappa shape index (κ2) is 3.79. The molecule has 0 unspecified atom stereocenters. The average molecular weight is 242 g/mol. The SMILES string of the molecule is CN1C(=CC(=O)O)Sc2cccc(Cl)c21. The Morgan fingerprint density at radius 3 is 2.93 bits per heavy atom. The van der Waals surface area contributed by atoms with Gasteiger partial charge >= 0.3 is 5.97 Å². The minimum atomic E-state index is -0.951. The van der Waals surface area contributed by atoms with Crippen molar-refractivity contribution in [3.8, 4) is 0 Å². The van der Waals surface area contributed by atoms with Crippen molar-refractivity contribution in [3.05, 3.63) is 34.3 Å². The molecule has 1 aliphatic rings. The molecule has 0 spiro atoms. The van der Waals surface area contributed by atoms with E-state index in [1.54, 1.807) is 18.0 Å². The Morgan fingerprint density at radius 1 is 1.60 bits per heavy atom. The van der Waals surface area contributed by atoms with E-state index in [1.807, 2.05) is 12.1 Å². The number of hydrogen-bond donors (Lipinski definition) is 1. The van der Waals surface area contributed by atoms with E-state index in [-0.39, 0.29) is 0 Å². The summed E-state index contributed by atoms with van der Waals surface area (Å²) in [7, 11) is 1.81. The zero-order valence-corrected chi connectivity index (χ0v) is 9.47. The van der Waals surface area contributed by atoms with Gasteiger partial charge in [0, 0.05) is 11.9 Å². The zero-order valence-electron chi connectivity index (χ0n) is 7.90. The standard InChI is InChI=1S/C10H8ClNO2S/c1-12-8(5-9(13)14)15-7-4-2-3-6(11)10(7)12/h2-5H,1H3,(H,13,14). The van der Waals surface area contributed by atoms with Gasteiger partial charge in [0.2, 0.25) is 0 Å². The van der Waals surface area contributed by atoms with Crippen molar-refractivity contribution in [3.63, 3.8) is 0 Å². The van der Waals surface area contributed by atoms with Crippen LogP contribution in [0.1, 0.15) is 0 Å². The number of aliphatic carboxylic acids is 1. The van der Waals surface area contributed by atoms with E-state index >= 15 is 0 Å². The quantitative estimate of drug-likeness (QED) is 0.768. The lowest BCUT2D eigenvalue weighted by molar-refractivity contribution is -0.131. The van der Waals surface area contributed by atoms with Crippen LogP contribution in [0.15, 0.2) is 34.2 Å². The molecule has 1 N–H and O–H groups in total. The first-order valence-corrected chi connectivity index (χ1v) is 5.44. The van der Waals surface area contributed by atoms with Crippen LogP contribution in [-0.4, -0.2) is 18.1 Å². The molecule has 0 atom stereocenters. The number of halogens is 1. The van der Waals surface area contributed by atoms with Crippen molar-refractivity contribution >= 4 is 35.0 Å². The highest BCUT2D eigenvalue weighted by molar-refractivity contribution is 8.03. The first-order valence-electron chi connectivity index (χ1n) is 4.24. The van der Waals surface area contributed by atoms with Crippen LogP contribution in [0.4, 0.5) is 5.69 Å². The summed E-state index contributed by atoms with van der Waals surface area (Å²) in [5, 5.41) is 10.00. The monoisotopic (exact) mass is 241 g/mol. The van der Waals surface area contributed by atoms with E-state index in [4.69, 9.17) is 16.7 Å². The third-order valence-corrected chi connectivity index (χ3v) is 3.53. The molecule has 78 valence electrons. The number of para-hydroxylation sites is 1. The molecule has 2 rings (SSSR count). The number of carboxylic acid groups (broad SMARTS) is 1. The van der Waals surface area contributed by atoms with Gasteiger partial charge < -0.3 is 10.0 Å². The van der Waals surface area contributed by atoms with E-state index in [1.165, 1.54) is 17.8 Å². The maximum atomic E-state index is 10.6. The van der Waals surface area contributed by atoms with Crippen LogP contribution in [0.3, 0.4) is 0 Å². The predicted octanol–water partition coefficient (Wildman–Crippen LogP) is 2.81. The van der Waals surface area contributed by atoms with Crippen molar-refractivity contribution in [1.82, 2.24) is 0 Å². The maximum absolute atomic E-state index is 10.6. The highest BCUT2D eigenvalue weighted by atomic mass is 35.5. The van der Waals surface area contributed by atoms with Crippen LogP contribution in [0.2, 0.25) is 5.02 Å². The summed E-state index contributed by atoms with van der Waals surface area (Å²) in [5.74, 6) is -0.951. The van der Waals surface area contributed by atoms with Gasteiger partial charge in [-0.3, -0.25) is 0 Å². The number of rotatable bonds is 1. The molecular weight excluding hydrogens is 234 g/mol. The number of fused-ring (bicyclic) bond motifs is 1. The van der Waals surface area contributed by atoms with Crippen LogP contribution >= 0.6 is 23.4 Å². The molecule has 1 aliphatic heterocycles. The molecule has 0 aromatic heterocycles. The summed E-state index contributed by atoms with van der Waals surface area (Å²) in [6.07, 6.45) is 1.18. The third-order valence-electron chi connectivity index (χ3n) is 2.08. The Hall–Kier alpha value is -1.13. The molecule has 15 heavy (non-hydrogen) atoms. The van der Waals surface area contributed by atoms with E-state index in [0.717, 1.165) is 10.6 Å². The number of thioether (sulfide) groups is 1. The number of benzene rings is 1. The highest BCUT2D eigenvalue weighted by Crippen LogP contribution is 2.48. The van der Waals surface area contributed by atoms with Gasteiger partial charge in [-0.25, -0.2) is 4.79 Å². The lowest BCUT2D eigenvalue weighted by atomic mass is 10.3. The molecule has 1 heterocycles. The fraction of sp³-hybridized carbons (Fsp3) is 0.100. The first-order chi connectivity index (χ1) is 7.09. The lowest BCUT2D eigenvalue weighted by Gasteiger charge is -2.13. The number of anilines is 1. The van der Waals surface area contributed by atoms with Crippen LogP contribution < -0.4 is 4.90 Å². The second-order valence-electron chi connectivity index (χ2n) is 3.07. The van der Waals surface area contributed by atoms with Crippen LogP contribution in [0, 0.1) is 0 Å². The molecule has 1 aromatic rings. The van der Waals surface area contributed by atoms with Crippen molar-refractivity contribution < 1.29 is 9.90 Å². The van der Waals surface area contributed by atoms with Crippen LogP contribution in [-0.2, 0) is 4.79 Å². The number of carbonyl (C=O) groups is 1. The smallest absolute Gasteiger partial charge is 0.330 e. The minimum Gasteiger partial charge on any atom is -0.478 e. The fourth-order valence-corrected chi connectivity index (χ4v) is 2.89. The molecule has 1 aromatic carbocycles. The average Bonchev–Trinajstić information content (AvgIpc) is 2.44. The van der Waals surface area contributed by atoms with Gasteiger partial charge in [-0.1, -0.05) is 29.4 Å². The number of nitrogens with zero attached hydrogens (tertiary/aromatic N) is 1. The predicted molar refractivity (Wildman–Crippen MR) is 61.4 cm³/mol. The Kier molecular flexibility index (Phi) is 2.63. The van der Waals surface area contributed by atoms with Crippen molar-refractivity contribution in [2.45, 2.75) is 4.90 Å². The summed E-state index contributed by atoms with van der Waals surface area (Å²) < 4.78 is 0. The van der Waals surface area contributed by atoms with E-state index in [2.05, 4.69) is 0 Å². The molecule has 0 fully saturated rings. The fourth-order valence-electron chi connectivity index (χ4n) is 1.43. The number of carboxylic acids is 1. The molecule has 3 nitrogen and oxygen atoms in total. The topological polar surface area (TPSA) is 40.5 Å². The summed E-state index contributed by atoms with van der Waals surface area (Å²) in [4.78, 5) is 13.4. The van der Waals surface area contributed by atoms with Gasteiger partial charge in [-0.2, -0.15) is 0 Å².